The molecule has 0 heterocycles. The Balaban J connectivity index is 2.61. The van der Waals surface area contributed by atoms with Gasteiger partial charge in [0.15, 0.2) is 0 Å². The third kappa shape index (κ3) is 3.22. The van der Waals surface area contributed by atoms with Crippen molar-refractivity contribution in [3.8, 4) is 0 Å². The van der Waals surface area contributed by atoms with Gasteiger partial charge in [-0.3, -0.25) is 14.9 Å². The highest BCUT2D eigenvalue weighted by Crippen LogP contribution is 2.33. The molecule has 0 radical (unpaired) electrons. The second kappa shape index (κ2) is 5.35. The van der Waals surface area contributed by atoms with E-state index >= 15 is 0 Å². The number of primary sulfonamides is 1. The molecule has 0 unspecified atom stereocenters. The quantitative estimate of drug-likeness (QED) is 0.624. The monoisotopic (exact) mass is 377 g/mol. The Labute approximate surface area is 129 Å². The van der Waals surface area contributed by atoms with E-state index in [0.717, 1.165) is 25.0 Å². The van der Waals surface area contributed by atoms with Crippen molar-refractivity contribution in [3.63, 3.8) is 0 Å². The van der Waals surface area contributed by atoms with Crippen LogP contribution < -0.4 is 5.14 Å². The van der Waals surface area contributed by atoms with Gasteiger partial charge in [-0.2, -0.15) is 0 Å². The molecule has 0 bridgehead atoms. The van der Waals surface area contributed by atoms with Gasteiger partial charge < -0.3 is 4.90 Å². The molecule has 1 aromatic rings. The van der Waals surface area contributed by atoms with Crippen molar-refractivity contribution >= 4 is 37.5 Å². The molecule has 1 fully saturated rings. The lowest BCUT2D eigenvalue weighted by Gasteiger charge is -2.17. The predicted molar refractivity (Wildman–Crippen MR) is 77.3 cm³/mol. The number of amides is 1. The molecule has 10 heteroatoms. The average Bonchev–Trinajstić information content (AvgIpc) is 3.19. The van der Waals surface area contributed by atoms with Crippen LogP contribution in [0.25, 0.3) is 0 Å². The van der Waals surface area contributed by atoms with Crippen molar-refractivity contribution < 1.29 is 18.1 Å². The zero-order valence-corrected chi connectivity index (χ0v) is 13.3. The van der Waals surface area contributed by atoms with Gasteiger partial charge in [-0.15, -0.1) is 0 Å². The zero-order chi connectivity index (χ0) is 15.9. The van der Waals surface area contributed by atoms with E-state index in [4.69, 9.17) is 5.14 Å². The third-order valence-electron chi connectivity index (χ3n) is 3.19. The van der Waals surface area contributed by atoms with Crippen molar-refractivity contribution in [3.05, 3.63) is 32.3 Å². The Bertz CT molecular complexity index is 730. The van der Waals surface area contributed by atoms with Crippen molar-refractivity contribution in [1.29, 1.82) is 0 Å². The summed E-state index contributed by atoms with van der Waals surface area (Å²) in [6, 6.07) is 1.95. The smallest absolute Gasteiger partial charge is 0.271 e. The van der Waals surface area contributed by atoms with Gasteiger partial charge >= 0.3 is 0 Å². The summed E-state index contributed by atoms with van der Waals surface area (Å²) in [5.41, 5.74) is -0.600. The summed E-state index contributed by atoms with van der Waals surface area (Å²) in [6.45, 7) is 0. The number of carbonyl (C=O) groups excluding carboxylic acids is 1. The largest absolute Gasteiger partial charge is 0.339 e. The molecule has 0 saturated heterocycles. The maximum Gasteiger partial charge on any atom is 0.271 e. The van der Waals surface area contributed by atoms with Crippen molar-refractivity contribution in [1.82, 2.24) is 4.90 Å². The van der Waals surface area contributed by atoms with Crippen LogP contribution in [0.4, 0.5) is 5.69 Å². The zero-order valence-electron chi connectivity index (χ0n) is 10.9. The van der Waals surface area contributed by atoms with Gasteiger partial charge in [-0.1, -0.05) is 0 Å². The maximum absolute atomic E-state index is 12.3. The van der Waals surface area contributed by atoms with Crippen LogP contribution in [0.3, 0.4) is 0 Å². The van der Waals surface area contributed by atoms with E-state index in [2.05, 4.69) is 15.9 Å². The summed E-state index contributed by atoms with van der Waals surface area (Å²) in [7, 11) is -2.63. The van der Waals surface area contributed by atoms with E-state index in [-0.39, 0.29) is 16.1 Å². The van der Waals surface area contributed by atoms with Gasteiger partial charge in [0.25, 0.3) is 11.6 Å². The lowest BCUT2D eigenvalue weighted by atomic mass is 10.1. The minimum Gasteiger partial charge on any atom is -0.339 e. The summed E-state index contributed by atoms with van der Waals surface area (Å²) in [5.74, 6) is -0.488. The first kappa shape index (κ1) is 15.9. The first-order valence-corrected chi connectivity index (χ1v) is 8.24. The number of hydrogen-bond donors (Lipinski definition) is 1. The molecule has 2 N–H and O–H groups in total. The molecule has 1 aliphatic rings. The number of nitrogens with two attached hydrogens (primary N) is 1. The topological polar surface area (TPSA) is 124 Å². The number of benzene rings is 1. The molecule has 2 rings (SSSR count). The number of non-ortho nitro benzene ring substituents is 1. The molecule has 1 amide bonds. The summed E-state index contributed by atoms with van der Waals surface area (Å²) < 4.78 is 23.0. The summed E-state index contributed by atoms with van der Waals surface area (Å²) in [5, 5.41) is 16.0. The van der Waals surface area contributed by atoms with Gasteiger partial charge in [0.05, 0.1) is 15.0 Å². The lowest BCUT2D eigenvalue weighted by molar-refractivity contribution is -0.385. The summed E-state index contributed by atoms with van der Waals surface area (Å²) in [4.78, 5) is 23.4. The highest BCUT2D eigenvalue weighted by molar-refractivity contribution is 9.10. The molecular weight excluding hydrogens is 366 g/mol. The SMILES string of the molecule is CN(C(=O)c1cc([N+](=O)[O-])cc(S(N)(=O)=O)c1Br)C1CC1. The second-order valence-electron chi connectivity index (χ2n) is 4.75. The second-order valence-corrected chi connectivity index (χ2v) is 7.08. The summed E-state index contributed by atoms with van der Waals surface area (Å²) in [6.07, 6.45) is 1.72. The Morgan fingerprint density at radius 2 is 2.05 bits per heavy atom. The predicted octanol–water partition coefficient (Wildman–Crippen LogP) is 1.24. The van der Waals surface area contributed by atoms with Crippen molar-refractivity contribution in [2.45, 2.75) is 23.8 Å². The van der Waals surface area contributed by atoms with Gasteiger partial charge in [0.2, 0.25) is 10.0 Å². The van der Waals surface area contributed by atoms with Crippen LogP contribution >= 0.6 is 15.9 Å². The molecule has 1 aromatic carbocycles. The van der Waals surface area contributed by atoms with E-state index < -0.39 is 31.4 Å². The molecule has 0 spiro atoms. The molecule has 1 aliphatic carbocycles. The van der Waals surface area contributed by atoms with Crippen LogP contribution in [0.15, 0.2) is 21.5 Å². The van der Waals surface area contributed by atoms with Crippen LogP contribution in [0.2, 0.25) is 0 Å². The van der Waals surface area contributed by atoms with E-state index in [1.165, 1.54) is 4.90 Å². The van der Waals surface area contributed by atoms with Gasteiger partial charge in [-0.25, -0.2) is 13.6 Å². The summed E-state index contributed by atoms with van der Waals surface area (Å²) >= 11 is 3.01. The minimum absolute atomic E-state index is 0.0619. The molecule has 0 aromatic heterocycles. The minimum atomic E-state index is -4.20. The van der Waals surface area contributed by atoms with Crippen LogP contribution in [0.5, 0.6) is 0 Å². The number of carbonyl (C=O) groups is 1. The molecule has 0 aliphatic heterocycles. The molecule has 0 atom stereocenters. The van der Waals surface area contributed by atoms with E-state index in [0.29, 0.717) is 0 Å². The molecule has 21 heavy (non-hydrogen) atoms. The number of halogens is 1. The van der Waals surface area contributed by atoms with Crippen LogP contribution in [0, 0.1) is 10.1 Å². The first-order chi connectivity index (χ1) is 9.62. The number of rotatable bonds is 4. The molecule has 114 valence electrons. The number of hydrogen-bond acceptors (Lipinski definition) is 5. The van der Waals surface area contributed by atoms with E-state index in [9.17, 15) is 23.3 Å². The Kier molecular flexibility index (Phi) is 4.04. The highest BCUT2D eigenvalue weighted by atomic mass is 79.9. The third-order valence-corrected chi connectivity index (χ3v) is 5.24. The van der Waals surface area contributed by atoms with Gasteiger partial charge in [0.1, 0.15) is 4.90 Å². The Hall–Kier alpha value is -1.52. The highest BCUT2D eigenvalue weighted by Gasteiger charge is 2.33. The van der Waals surface area contributed by atoms with Crippen LogP contribution in [0.1, 0.15) is 23.2 Å². The van der Waals surface area contributed by atoms with E-state index in [1.54, 1.807) is 7.05 Å². The molecule has 1 saturated carbocycles. The average molecular weight is 378 g/mol. The standard InChI is InChI=1S/C11H12BrN3O5S/c1-14(6-2-3-6)11(16)8-4-7(15(17)18)5-9(10(8)12)21(13,19)20/h4-6H,2-3H2,1H3,(H2,13,19,20). The van der Waals surface area contributed by atoms with Crippen LogP contribution in [-0.4, -0.2) is 37.2 Å². The number of nitro benzene ring substituents is 1. The maximum atomic E-state index is 12.3. The Morgan fingerprint density at radius 1 is 1.48 bits per heavy atom. The van der Waals surface area contributed by atoms with Gasteiger partial charge in [0, 0.05) is 25.2 Å². The Morgan fingerprint density at radius 3 is 2.48 bits per heavy atom. The fourth-order valence-corrected chi connectivity index (χ4v) is 3.59. The number of nitro groups is 1. The normalized spacial score (nSPS) is 14.8. The molecule has 8 nitrogen and oxygen atoms in total. The van der Waals surface area contributed by atoms with Crippen molar-refractivity contribution in [2.75, 3.05) is 7.05 Å². The van der Waals surface area contributed by atoms with Gasteiger partial charge in [-0.05, 0) is 28.8 Å². The van der Waals surface area contributed by atoms with E-state index in [1.807, 2.05) is 0 Å². The first-order valence-electron chi connectivity index (χ1n) is 5.91. The number of sulfonamides is 1. The van der Waals surface area contributed by atoms with Crippen LogP contribution in [-0.2, 0) is 10.0 Å². The fraction of sp³-hybridized carbons (Fsp3) is 0.364. The fourth-order valence-electron chi connectivity index (χ4n) is 1.87. The molecular formula is C11H12BrN3O5S. The lowest BCUT2D eigenvalue weighted by Crippen LogP contribution is -2.29. The van der Waals surface area contributed by atoms with Crippen molar-refractivity contribution in [2.24, 2.45) is 5.14 Å². The number of nitrogens with zero attached hydrogens (tertiary/aromatic N) is 2.